The number of hydrogen-bond donors (Lipinski definition) is 2. The first-order valence-electron chi connectivity index (χ1n) is 7.46. The summed E-state index contributed by atoms with van der Waals surface area (Å²) in [6.45, 7) is 6.49. The second kappa shape index (κ2) is 7.42. The molecule has 0 saturated heterocycles. The van der Waals surface area contributed by atoms with E-state index >= 15 is 0 Å². The van der Waals surface area contributed by atoms with E-state index in [0.717, 1.165) is 11.4 Å². The molecule has 0 aliphatic rings. The van der Waals surface area contributed by atoms with E-state index in [9.17, 15) is 4.79 Å². The normalized spacial score (nSPS) is 11.1. The molecule has 0 fully saturated rings. The lowest BCUT2D eigenvalue weighted by Gasteiger charge is -2.20. The van der Waals surface area contributed by atoms with E-state index in [4.69, 9.17) is 11.6 Å². The number of anilines is 1. The van der Waals surface area contributed by atoms with Gasteiger partial charge in [0, 0.05) is 23.2 Å². The smallest absolute Gasteiger partial charge is 0.270 e. The molecule has 6 heteroatoms. The van der Waals surface area contributed by atoms with E-state index in [1.165, 1.54) is 11.9 Å². The third-order valence-corrected chi connectivity index (χ3v) is 3.27. The molecule has 1 aromatic heterocycles. The predicted molar refractivity (Wildman–Crippen MR) is 92.9 cm³/mol. The molecular weight excluding hydrogens is 312 g/mol. The van der Waals surface area contributed by atoms with Gasteiger partial charge in [0.05, 0.1) is 0 Å². The number of aromatic nitrogens is 2. The van der Waals surface area contributed by atoms with E-state index in [2.05, 4.69) is 20.6 Å². The average molecular weight is 333 g/mol. The van der Waals surface area contributed by atoms with Crippen molar-refractivity contribution in [3.8, 4) is 0 Å². The number of nitrogens with zero attached hydrogens (tertiary/aromatic N) is 2. The molecule has 1 aromatic carbocycles. The fourth-order valence-corrected chi connectivity index (χ4v) is 2.09. The highest BCUT2D eigenvalue weighted by molar-refractivity contribution is 6.30. The summed E-state index contributed by atoms with van der Waals surface area (Å²) in [7, 11) is 0. The van der Waals surface area contributed by atoms with Crippen molar-refractivity contribution in [3.63, 3.8) is 0 Å². The number of amides is 1. The third-order valence-electron chi connectivity index (χ3n) is 3.02. The van der Waals surface area contributed by atoms with Crippen LogP contribution < -0.4 is 10.6 Å². The number of rotatable bonds is 5. The first-order valence-corrected chi connectivity index (χ1v) is 7.84. The lowest BCUT2D eigenvalue weighted by atomic mass is 10.1. The van der Waals surface area contributed by atoms with Gasteiger partial charge in [-0.15, -0.1) is 0 Å². The first-order chi connectivity index (χ1) is 10.8. The highest BCUT2D eigenvalue weighted by Crippen LogP contribution is 2.11. The number of nitrogens with one attached hydrogen (secondary N) is 2. The van der Waals surface area contributed by atoms with E-state index in [1.54, 1.807) is 6.07 Å². The van der Waals surface area contributed by atoms with E-state index in [-0.39, 0.29) is 11.4 Å². The maximum atomic E-state index is 12.1. The predicted octanol–water partition coefficient (Wildman–Crippen LogP) is 3.31. The molecule has 2 aromatic rings. The van der Waals surface area contributed by atoms with E-state index in [1.807, 2.05) is 45.0 Å². The summed E-state index contributed by atoms with van der Waals surface area (Å²) in [6.07, 6.45) is 2.23. The summed E-state index contributed by atoms with van der Waals surface area (Å²) in [5.41, 5.74) is 1.23. The van der Waals surface area contributed by atoms with Gasteiger partial charge in [0.1, 0.15) is 17.8 Å². The van der Waals surface area contributed by atoms with Crippen LogP contribution in [0.5, 0.6) is 0 Å². The molecule has 1 amide bonds. The lowest BCUT2D eigenvalue weighted by molar-refractivity contribution is 0.0914. The summed E-state index contributed by atoms with van der Waals surface area (Å²) < 4.78 is 0. The fourth-order valence-electron chi connectivity index (χ4n) is 1.97. The molecule has 0 aliphatic carbocycles. The van der Waals surface area contributed by atoms with Crippen LogP contribution in [0.2, 0.25) is 5.02 Å². The minimum Gasteiger partial charge on any atom is -0.370 e. The van der Waals surface area contributed by atoms with Crippen LogP contribution in [0.15, 0.2) is 36.7 Å². The Balaban J connectivity index is 1.92. The van der Waals surface area contributed by atoms with Gasteiger partial charge in [-0.05, 0) is 44.9 Å². The van der Waals surface area contributed by atoms with Gasteiger partial charge in [0.15, 0.2) is 0 Å². The van der Waals surface area contributed by atoms with Gasteiger partial charge in [-0.2, -0.15) is 0 Å². The van der Waals surface area contributed by atoms with Gasteiger partial charge in [-0.1, -0.05) is 23.7 Å². The molecule has 0 spiro atoms. The molecular formula is C17H21ClN4O. The van der Waals surface area contributed by atoms with Crippen molar-refractivity contribution >= 4 is 23.3 Å². The number of benzene rings is 1. The Kier molecular flexibility index (Phi) is 5.55. The second-order valence-corrected chi connectivity index (χ2v) is 6.73. The summed E-state index contributed by atoms with van der Waals surface area (Å²) in [5, 5.41) is 6.81. The van der Waals surface area contributed by atoms with Gasteiger partial charge in [-0.25, -0.2) is 9.97 Å². The molecule has 0 atom stereocenters. The summed E-state index contributed by atoms with van der Waals surface area (Å²) >= 11 is 5.86. The number of carbonyl (C=O) groups is 1. The van der Waals surface area contributed by atoms with Crippen molar-refractivity contribution < 1.29 is 4.79 Å². The Labute approximate surface area is 141 Å². The fraction of sp³-hybridized carbons (Fsp3) is 0.353. The van der Waals surface area contributed by atoms with Gasteiger partial charge < -0.3 is 10.6 Å². The largest absolute Gasteiger partial charge is 0.370 e. The van der Waals surface area contributed by atoms with E-state index < -0.39 is 0 Å². The topological polar surface area (TPSA) is 66.9 Å². The molecule has 0 saturated carbocycles. The molecule has 0 aliphatic heterocycles. The van der Waals surface area contributed by atoms with Crippen LogP contribution >= 0.6 is 11.6 Å². The Bertz CT molecular complexity index is 665. The Hall–Kier alpha value is -2.14. The molecule has 0 bridgehead atoms. The highest BCUT2D eigenvalue weighted by atomic mass is 35.5. The molecule has 2 N–H and O–H groups in total. The maximum absolute atomic E-state index is 12.1. The Morgan fingerprint density at radius 1 is 1.17 bits per heavy atom. The van der Waals surface area contributed by atoms with Gasteiger partial charge >= 0.3 is 0 Å². The zero-order valence-electron chi connectivity index (χ0n) is 13.6. The summed E-state index contributed by atoms with van der Waals surface area (Å²) in [6, 6.07) is 9.38. The Morgan fingerprint density at radius 3 is 2.52 bits per heavy atom. The van der Waals surface area contributed by atoms with Crippen molar-refractivity contribution in [2.75, 3.05) is 11.9 Å². The van der Waals surface area contributed by atoms with Gasteiger partial charge in [0.25, 0.3) is 5.91 Å². The van der Waals surface area contributed by atoms with Crippen molar-refractivity contribution in [1.82, 2.24) is 15.3 Å². The number of hydrogen-bond acceptors (Lipinski definition) is 4. The molecule has 5 nitrogen and oxygen atoms in total. The summed E-state index contributed by atoms with van der Waals surface area (Å²) in [5.74, 6) is 0.425. The molecule has 0 radical (unpaired) electrons. The minimum absolute atomic E-state index is 0.208. The minimum atomic E-state index is -0.301. The third kappa shape index (κ3) is 5.87. The standard InChI is InChI=1S/C17H21ClN4O/c1-17(2,3)22-16(23)14-10-15(21-11-20-14)19-9-8-12-4-6-13(18)7-5-12/h4-7,10-11H,8-9H2,1-3H3,(H,22,23)(H,19,20,21). The molecule has 23 heavy (non-hydrogen) atoms. The average Bonchev–Trinajstić information content (AvgIpc) is 2.48. The van der Waals surface area contributed by atoms with Crippen LogP contribution in [0, 0.1) is 0 Å². The van der Waals surface area contributed by atoms with Crippen LogP contribution in [0.25, 0.3) is 0 Å². The quantitative estimate of drug-likeness (QED) is 0.881. The Morgan fingerprint density at radius 2 is 1.87 bits per heavy atom. The van der Waals surface area contributed by atoms with Crippen molar-refractivity contribution in [2.45, 2.75) is 32.7 Å². The van der Waals surface area contributed by atoms with Crippen LogP contribution in [0.1, 0.15) is 36.8 Å². The first kappa shape index (κ1) is 17.2. The zero-order chi connectivity index (χ0) is 16.9. The molecule has 0 unspecified atom stereocenters. The van der Waals surface area contributed by atoms with Crippen LogP contribution in [0.4, 0.5) is 5.82 Å². The van der Waals surface area contributed by atoms with Crippen molar-refractivity contribution in [3.05, 3.63) is 52.9 Å². The van der Waals surface area contributed by atoms with Gasteiger partial charge in [-0.3, -0.25) is 4.79 Å². The molecule has 122 valence electrons. The number of carbonyl (C=O) groups excluding carboxylic acids is 1. The van der Waals surface area contributed by atoms with Crippen molar-refractivity contribution in [2.24, 2.45) is 0 Å². The van der Waals surface area contributed by atoms with Crippen molar-refractivity contribution in [1.29, 1.82) is 0 Å². The molecule has 2 rings (SSSR count). The monoisotopic (exact) mass is 332 g/mol. The lowest BCUT2D eigenvalue weighted by Crippen LogP contribution is -2.41. The second-order valence-electron chi connectivity index (χ2n) is 6.30. The van der Waals surface area contributed by atoms with Crippen LogP contribution in [-0.4, -0.2) is 28.0 Å². The highest BCUT2D eigenvalue weighted by Gasteiger charge is 2.16. The van der Waals surface area contributed by atoms with Gasteiger partial charge in [0.2, 0.25) is 0 Å². The van der Waals surface area contributed by atoms with Crippen LogP contribution in [-0.2, 0) is 6.42 Å². The summed E-state index contributed by atoms with van der Waals surface area (Å²) in [4.78, 5) is 20.3. The zero-order valence-corrected chi connectivity index (χ0v) is 14.3. The molecule has 1 heterocycles. The van der Waals surface area contributed by atoms with Crippen LogP contribution in [0.3, 0.4) is 0 Å². The maximum Gasteiger partial charge on any atom is 0.270 e. The number of halogens is 1. The van der Waals surface area contributed by atoms with E-state index in [0.29, 0.717) is 18.1 Å². The SMILES string of the molecule is CC(C)(C)NC(=O)c1cc(NCCc2ccc(Cl)cc2)ncn1.